The predicted octanol–water partition coefficient (Wildman–Crippen LogP) is 3.55. The van der Waals surface area contributed by atoms with Crippen LogP contribution in [0.25, 0.3) is 0 Å². The van der Waals surface area contributed by atoms with Gasteiger partial charge in [0.25, 0.3) is 11.8 Å². The van der Waals surface area contributed by atoms with Crippen molar-refractivity contribution in [1.82, 2.24) is 16.2 Å². The zero-order valence-corrected chi connectivity index (χ0v) is 19.3. The molecule has 1 aliphatic carbocycles. The zero-order valence-electron chi connectivity index (χ0n) is 18.5. The Morgan fingerprint density at radius 2 is 1.64 bits per heavy atom. The third kappa shape index (κ3) is 7.01. The molecule has 0 unspecified atom stereocenters. The number of nitrogens with one attached hydrogen (secondary N) is 4. The molecule has 1 aliphatic rings. The van der Waals surface area contributed by atoms with E-state index in [2.05, 4.69) is 21.5 Å². The number of rotatable bonds is 6. The molecule has 1 fully saturated rings. The van der Waals surface area contributed by atoms with Crippen molar-refractivity contribution in [3.8, 4) is 5.75 Å². The van der Waals surface area contributed by atoms with Crippen LogP contribution in [0.1, 0.15) is 59.7 Å². The number of carbonyl (C=O) groups excluding carboxylic acids is 3. The van der Waals surface area contributed by atoms with E-state index in [1.165, 1.54) is 6.42 Å². The summed E-state index contributed by atoms with van der Waals surface area (Å²) in [6.07, 6.45) is 5.21. The van der Waals surface area contributed by atoms with Crippen LogP contribution in [0.15, 0.2) is 48.5 Å². The van der Waals surface area contributed by atoms with E-state index in [-0.39, 0.29) is 16.9 Å². The highest BCUT2D eigenvalue weighted by atomic mass is 32.1. The van der Waals surface area contributed by atoms with E-state index < -0.39 is 11.8 Å². The number of benzene rings is 2. The maximum Gasteiger partial charge on any atom is 0.269 e. The van der Waals surface area contributed by atoms with E-state index in [0.717, 1.165) is 25.7 Å². The number of para-hydroxylation sites is 1. The van der Waals surface area contributed by atoms with Crippen LogP contribution in [0.4, 0.5) is 5.69 Å². The molecule has 2 aromatic carbocycles. The molecule has 174 valence electrons. The molecule has 0 aromatic heterocycles. The minimum atomic E-state index is -0.455. The third-order valence-corrected chi connectivity index (χ3v) is 5.54. The molecule has 3 rings (SSSR count). The lowest BCUT2D eigenvalue weighted by Crippen LogP contribution is -2.48. The van der Waals surface area contributed by atoms with Gasteiger partial charge < -0.3 is 10.1 Å². The first-order valence-corrected chi connectivity index (χ1v) is 11.4. The number of hydrazine groups is 1. The average Bonchev–Trinajstić information content (AvgIpc) is 2.84. The first-order valence-electron chi connectivity index (χ1n) is 11.0. The lowest BCUT2D eigenvalue weighted by molar-refractivity contribution is -0.120. The Bertz CT molecular complexity index is 1000. The van der Waals surface area contributed by atoms with Crippen LogP contribution in [-0.4, -0.2) is 29.4 Å². The number of ether oxygens (including phenoxy) is 1. The SMILES string of the molecule is CCOc1ccccc1C(=O)NC(=S)NNC(=O)c1ccc(NC(=O)C2CCCCC2)cc1. The predicted molar refractivity (Wildman–Crippen MR) is 130 cm³/mol. The maximum atomic E-state index is 12.4. The quantitative estimate of drug-likeness (QED) is 0.381. The van der Waals surface area contributed by atoms with E-state index in [4.69, 9.17) is 17.0 Å². The fourth-order valence-electron chi connectivity index (χ4n) is 3.64. The van der Waals surface area contributed by atoms with Gasteiger partial charge in [-0.05, 0) is 68.4 Å². The summed E-state index contributed by atoms with van der Waals surface area (Å²) in [5.41, 5.74) is 6.30. The first kappa shape index (κ1) is 24.2. The second-order valence-corrected chi connectivity index (χ2v) is 8.10. The van der Waals surface area contributed by atoms with Crippen LogP contribution in [0.2, 0.25) is 0 Å². The van der Waals surface area contributed by atoms with Crippen LogP contribution < -0.4 is 26.2 Å². The number of hydrogen-bond donors (Lipinski definition) is 4. The van der Waals surface area contributed by atoms with Gasteiger partial charge in [0.05, 0.1) is 12.2 Å². The molecule has 33 heavy (non-hydrogen) atoms. The van der Waals surface area contributed by atoms with Gasteiger partial charge in [0.15, 0.2) is 5.11 Å². The van der Waals surface area contributed by atoms with E-state index in [9.17, 15) is 14.4 Å². The Kier molecular flexibility index (Phi) is 8.77. The molecule has 0 saturated heterocycles. The van der Waals surface area contributed by atoms with Crippen LogP contribution in [0.5, 0.6) is 5.75 Å². The van der Waals surface area contributed by atoms with Gasteiger partial charge in [-0.2, -0.15) is 0 Å². The van der Waals surface area contributed by atoms with Crippen molar-refractivity contribution in [3.05, 3.63) is 59.7 Å². The van der Waals surface area contributed by atoms with Gasteiger partial charge in [0, 0.05) is 17.2 Å². The Hall–Kier alpha value is -3.46. The summed E-state index contributed by atoms with van der Waals surface area (Å²) in [6.45, 7) is 2.25. The van der Waals surface area contributed by atoms with Crippen molar-refractivity contribution < 1.29 is 19.1 Å². The molecule has 3 amide bonds. The van der Waals surface area contributed by atoms with Crippen molar-refractivity contribution in [3.63, 3.8) is 0 Å². The minimum Gasteiger partial charge on any atom is -0.493 e. The summed E-state index contributed by atoms with van der Waals surface area (Å²) < 4.78 is 5.44. The molecule has 9 heteroatoms. The number of thiocarbonyl (C=S) groups is 1. The molecule has 0 spiro atoms. The molecular formula is C24H28N4O4S. The molecule has 8 nitrogen and oxygen atoms in total. The summed E-state index contributed by atoms with van der Waals surface area (Å²) in [4.78, 5) is 37.2. The van der Waals surface area contributed by atoms with Gasteiger partial charge in [0.2, 0.25) is 5.91 Å². The lowest BCUT2D eigenvalue weighted by atomic mass is 9.88. The van der Waals surface area contributed by atoms with Gasteiger partial charge in [0.1, 0.15) is 5.75 Å². The van der Waals surface area contributed by atoms with Gasteiger partial charge in [-0.1, -0.05) is 31.4 Å². The molecular weight excluding hydrogens is 440 g/mol. The Labute approximate surface area is 198 Å². The average molecular weight is 469 g/mol. The van der Waals surface area contributed by atoms with Crippen LogP contribution in [-0.2, 0) is 4.79 Å². The topological polar surface area (TPSA) is 109 Å². The van der Waals surface area contributed by atoms with Crippen LogP contribution in [0, 0.1) is 5.92 Å². The summed E-state index contributed by atoms with van der Waals surface area (Å²) in [7, 11) is 0. The van der Waals surface area contributed by atoms with Gasteiger partial charge in [-0.3, -0.25) is 30.6 Å². The largest absolute Gasteiger partial charge is 0.493 e. The smallest absolute Gasteiger partial charge is 0.269 e. The minimum absolute atomic E-state index is 0.0283. The zero-order chi connectivity index (χ0) is 23.6. The Morgan fingerprint density at radius 3 is 2.33 bits per heavy atom. The summed E-state index contributed by atoms with van der Waals surface area (Å²) in [5.74, 6) is -0.362. The monoisotopic (exact) mass is 468 g/mol. The summed E-state index contributed by atoms with van der Waals surface area (Å²) in [5, 5.41) is 5.36. The standard InChI is InChI=1S/C24H28N4O4S/c1-2-32-20-11-7-6-10-19(20)23(31)26-24(33)28-27-22(30)17-12-14-18(15-13-17)25-21(29)16-8-4-3-5-9-16/h6-7,10-16H,2-5,8-9H2,1H3,(H,25,29)(H,27,30)(H2,26,28,31,33). The third-order valence-electron chi connectivity index (χ3n) is 5.34. The highest BCUT2D eigenvalue weighted by molar-refractivity contribution is 7.80. The lowest BCUT2D eigenvalue weighted by Gasteiger charge is -2.20. The van der Waals surface area contributed by atoms with E-state index in [1.807, 2.05) is 6.92 Å². The highest BCUT2D eigenvalue weighted by Gasteiger charge is 2.21. The maximum absolute atomic E-state index is 12.4. The molecule has 1 saturated carbocycles. The fraction of sp³-hybridized carbons (Fsp3) is 0.333. The first-order chi connectivity index (χ1) is 16.0. The van der Waals surface area contributed by atoms with Gasteiger partial charge in [-0.15, -0.1) is 0 Å². The summed E-state index contributed by atoms with van der Waals surface area (Å²) in [6, 6.07) is 13.4. The van der Waals surface area contributed by atoms with Crippen LogP contribution in [0.3, 0.4) is 0 Å². The van der Waals surface area contributed by atoms with Gasteiger partial charge in [-0.25, -0.2) is 0 Å². The second kappa shape index (κ2) is 12.0. The van der Waals surface area contributed by atoms with Crippen molar-refractivity contribution in [2.24, 2.45) is 5.92 Å². The number of carbonyl (C=O) groups is 3. The number of anilines is 1. The van der Waals surface area contributed by atoms with Crippen LogP contribution >= 0.6 is 12.2 Å². The Balaban J connectivity index is 1.47. The molecule has 2 aromatic rings. The molecule has 0 radical (unpaired) electrons. The molecule has 0 bridgehead atoms. The van der Waals surface area contributed by atoms with E-state index >= 15 is 0 Å². The van der Waals surface area contributed by atoms with E-state index in [1.54, 1.807) is 48.5 Å². The molecule has 0 atom stereocenters. The normalized spacial score (nSPS) is 13.5. The van der Waals surface area contributed by atoms with Gasteiger partial charge >= 0.3 is 0 Å². The van der Waals surface area contributed by atoms with Crippen molar-refractivity contribution in [1.29, 1.82) is 0 Å². The number of amides is 3. The molecule has 4 N–H and O–H groups in total. The second-order valence-electron chi connectivity index (χ2n) is 7.69. The molecule has 0 aliphatic heterocycles. The highest BCUT2D eigenvalue weighted by Crippen LogP contribution is 2.25. The van der Waals surface area contributed by atoms with Crippen molar-refractivity contribution >= 4 is 40.7 Å². The summed E-state index contributed by atoms with van der Waals surface area (Å²) >= 11 is 5.09. The van der Waals surface area contributed by atoms with Crippen molar-refractivity contribution in [2.75, 3.05) is 11.9 Å². The fourth-order valence-corrected chi connectivity index (χ4v) is 3.78. The van der Waals surface area contributed by atoms with Crippen molar-refractivity contribution in [2.45, 2.75) is 39.0 Å². The molecule has 0 heterocycles. The Morgan fingerprint density at radius 1 is 0.939 bits per heavy atom. The number of hydrogen-bond acceptors (Lipinski definition) is 5. The van der Waals surface area contributed by atoms with E-state index in [0.29, 0.717) is 29.2 Å².